The average molecular weight is 364 g/mol. The van der Waals surface area contributed by atoms with E-state index in [1.54, 1.807) is 0 Å². The molecule has 0 bridgehead atoms. The molecule has 3 rings (SSSR count). The summed E-state index contributed by atoms with van der Waals surface area (Å²) in [6.45, 7) is 2.97. The maximum Gasteiger partial charge on any atom is 0.418 e. The topological polar surface area (TPSA) is 58.1 Å². The van der Waals surface area contributed by atoms with Crippen LogP contribution in [0, 0.1) is 12.8 Å². The van der Waals surface area contributed by atoms with Gasteiger partial charge in [-0.25, -0.2) is 0 Å². The maximum absolute atomic E-state index is 13.1. The lowest BCUT2D eigenvalue weighted by Crippen LogP contribution is -2.41. The van der Waals surface area contributed by atoms with Crippen LogP contribution in [-0.4, -0.2) is 29.2 Å². The minimum Gasteiger partial charge on any atom is -0.354 e. The molecule has 2 aromatic rings. The SMILES string of the molecule is Cc1ccc(N2CCCC(C(=O)Nc3ccccc3C(F)(F)F)C2)nn1. The highest BCUT2D eigenvalue weighted by atomic mass is 19.4. The Labute approximate surface area is 149 Å². The van der Waals surface area contributed by atoms with Crippen molar-refractivity contribution in [1.82, 2.24) is 10.2 Å². The van der Waals surface area contributed by atoms with Crippen molar-refractivity contribution < 1.29 is 18.0 Å². The van der Waals surface area contributed by atoms with Crippen LogP contribution in [0.2, 0.25) is 0 Å². The van der Waals surface area contributed by atoms with Gasteiger partial charge in [-0.1, -0.05) is 12.1 Å². The van der Waals surface area contributed by atoms with Crippen LogP contribution in [0.1, 0.15) is 24.1 Å². The van der Waals surface area contributed by atoms with E-state index in [-0.39, 0.29) is 5.69 Å². The van der Waals surface area contributed by atoms with Crippen LogP contribution in [0.4, 0.5) is 24.7 Å². The summed E-state index contributed by atoms with van der Waals surface area (Å²) in [4.78, 5) is 14.5. The molecule has 1 saturated heterocycles. The largest absolute Gasteiger partial charge is 0.418 e. The summed E-state index contributed by atoms with van der Waals surface area (Å²) in [5.74, 6) is -0.150. The highest BCUT2D eigenvalue weighted by molar-refractivity contribution is 5.93. The molecule has 1 atom stereocenters. The zero-order valence-corrected chi connectivity index (χ0v) is 14.3. The van der Waals surface area contributed by atoms with E-state index in [0.29, 0.717) is 18.8 Å². The number of hydrogen-bond acceptors (Lipinski definition) is 4. The Balaban J connectivity index is 1.71. The predicted molar refractivity (Wildman–Crippen MR) is 91.8 cm³/mol. The Bertz CT molecular complexity index is 777. The molecule has 1 fully saturated rings. The molecule has 1 aromatic heterocycles. The third-order valence-electron chi connectivity index (χ3n) is 4.39. The van der Waals surface area contributed by atoms with Gasteiger partial charge in [-0.05, 0) is 44.0 Å². The Morgan fingerprint density at radius 1 is 1.19 bits per heavy atom. The fourth-order valence-corrected chi connectivity index (χ4v) is 3.03. The second-order valence-electron chi connectivity index (χ2n) is 6.35. The van der Waals surface area contributed by atoms with Crippen molar-refractivity contribution >= 4 is 17.4 Å². The molecule has 1 aliphatic rings. The van der Waals surface area contributed by atoms with Crippen LogP contribution in [-0.2, 0) is 11.0 Å². The summed E-state index contributed by atoms with van der Waals surface area (Å²) in [7, 11) is 0. The second-order valence-corrected chi connectivity index (χ2v) is 6.35. The highest BCUT2D eigenvalue weighted by Crippen LogP contribution is 2.35. The van der Waals surface area contributed by atoms with E-state index in [1.165, 1.54) is 18.2 Å². The van der Waals surface area contributed by atoms with E-state index in [9.17, 15) is 18.0 Å². The van der Waals surface area contributed by atoms with Gasteiger partial charge in [-0.2, -0.15) is 18.3 Å². The molecule has 0 radical (unpaired) electrons. The number of alkyl halides is 3. The fraction of sp³-hybridized carbons (Fsp3) is 0.389. The molecule has 1 unspecified atom stereocenters. The lowest BCUT2D eigenvalue weighted by molar-refractivity contribution is -0.137. The van der Waals surface area contributed by atoms with Crippen molar-refractivity contribution in [3.63, 3.8) is 0 Å². The van der Waals surface area contributed by atoms with Crippen molar-refractivity contribution in [3.05, 3.63) is 47.7 Å². The summed E-state index contributed by atoms with van der Waals surface area (Å²) in [5.41, 5.74) is -0.258. The van der Waals surface area contributed by atoms with Crippen LogP contribution in [0.5, 0.6) is 0 Å². The van der Waals surface area contributed by atoms with Gasteiger partial charge in [0.2, 0.25) is 5.91 Å². The number of halogens is 3. The molecule has 138 valence electrons. The number of piperidine rings is 1. The first-order valence-corrected chi connectivity index (χ1v) is 8.37. The third kappa shape index (κ3) is 4.12. The molecule has 8 heteroatoms. The summed E-state index contributed by atoms with van der Waals surface area (Å²) in [6, 6.07) is 8.68. The number of nitrogens with zero attached hydrogens (tertiary/aromatic N) is 3. The smallest absolute Gasteiger partial charge is 0.354 e. The van der Waals surface area contributed by atoms with Crippen molar-refractivity contribution in [2.24, 2.45) is 5.92 Å². The van der Waals surface area contributed by atoms with Gasteiger partial charge in [-0.3, -0.25) is 4.79 Å². The van der Waals surface area contributed by atoms with Gasteiger partial charge in [0.1, 0.15) is 0 Å². The number of hydrogen-bond donors (Lipinski definition) is 1. The van der Waals surface area contributed by atoms with E-state index in [4.69, 9.17) is 0 Å². The summed E-state index contributed by atoms with van der Waals surface area (Å²) in [6.07, 6.45) is -3.13. The molecule has 2 heterocycles. The molecule has 1 amide bonds. The standard InChI is InChI=1S/C18H19F3N4O/c1-12-8-9-16(24-23-12)25-10-4-5-13(11-25)17(26)22-15-7-3-2-6-14(15)18(19,20)21/h2-3,6-9,13H,4-5,10-11H2,1H3,(H,22,26). The number of aryl methyl sites for hydroxylation is 1. The summed E-state index contributed by atoms with van der Waals surface area (Å²) in [5, 5.41) is 10.6. The van der Waals surface area contributed by atoms with E-state index in [2.05, 4.69) is 15.5 Å². The number of anilines is 2. The Hall–Kier alpha value is -2.64. The van der Waals surface area contributed by atoms with Gasteiger partial charge in [0.15, 0.2) is 5.82 Å². The maximum atomic E-state index is 13.1. The minimum absolute atomic E-state index is 0.211. The average Bonchev–Trinajstić information content (AvgIpc) is 2.62. The molecule has 0 saturated carbocycles. The van der Waals surface area contributed by atoms with E-state index in [0.717, 1.165) is 24.7 Å². The molecule has 1 N–H and O–H groups in total. The molecule has 0 spiro atoms. The Morgan fingerprint density at radius 3 is 2.65 bits per heavy atom. The van der Waals surface area contributed by atoms with Gasteiger partial charge in [0.25, 0.3) is 0 Å². The first-order valence-electron chi connectivity index (χ1n) is 8.37. The fourth-order valence-electron chi connectivity index (χ4n) is 3.03. The molecular formula is C18H19F3N4O. The number of aromatic nitrogens is 2. The predicted octanol–water partition coefficient (Wildman–Crippen LogP) is 3.66. The van der Waals surface area contributed by atoms with Crippen LogP contribution in [0.3, 0.4) is 0 Å². The van der Waals surface area contributed by atoms with Crippen molar-refractivity contribution in [2.45, 2.75) is 25.9 Å². The lowest BCUT2D eigenvalue weighted by atomic mass is 9.96. The van der Waals surface area contributed by atoms with Crippen molar-refractivity contribution in [2.75, 3.05) is 23.3 Å². The Morgan fingerprint density at radius 2 is 1.96 bits per heavy atom. The number of rotatable bonds is 3. The van der Waals surface area contributed by atoms with Gasteiger partial charge >= 0.3 is 6.18 Å². The van der Waals surface area contributed by atoms with E-state index >= 15 is 0 Å². The minimum atomic E-state index is -4.51. The zero-order chi connectivity index (χ0) is 18.7. The van der Waals surface area contributed by atoms with Crippen LogP contribution in [0.15, 0.2) is 36.4 Å². The highest BCUT2D eigenvalue weighted by Gasteiger charge is 2.34. The summed E-state index contributed by atoms with van der Waals surface area (Å²) < 4.78 is 39.2. The van der Waals surface area contributed by atoms with Crippen LogP contribution < -0.4 is 10.2 Å². The number of para-hydroxylation sites is 1. The van der Waals surface area contributed by atoms with Gasteiger partial charge in [0, 0.05) is 13.1 Å². The molecule has 1 aromatic carbocycles. The first-order chi connectivity index (χ1) is 12.3. The van der Waals surface area contributed by atoms with Crippen LogP contribution in [0.25, 0.3) is 0 Å². The zero-order valence-electron chi connectivity index (χ0n) is 14.3. The number of carbonyl (C=O) groups is 1. The summed E-state index contributed by atoms with van der Waals surface area (Å²) >= 11 is 0. The quantitative estimate of drug-likeness (QED) is 0.903. The first kappa shape index (κ1) is 18.2. The van der Waals surface area contributed by atoms with E-state index < -0.39 is 23.6 Å². The van der Waals surface area contributed by atoms with Gasteiger partial charge < -0.3 is 10.2 Å². The van der Waals surface area contributed by atoms with Crippen LogP contribution >= 0.6 is 0 Å². The molecule has 26 heavy (non-hydrogen) atoms. The number of amides is 1. The molecule has 5 nitrogen and oxygen atoms in total. The number of benzene rings is 1. The number of nitrogens with one attached hydrogen (secondary N) is 1. The third-order valence-corrected chi connectivity index (χ3v) is 4.39. The monoisotopic (exact) mass is 364 g/mol. The van der Waals surface area contributed by atoms with Gasteiger partial charge in [0.05, 0.1) is 22.9 Å². The normalized spacial score (nSPS) is 17.8. The molecule has 1 aliphatic heterocycles. The van der Waals surface area contributed by atoms with Crippen molar-refractivity contribution in [3.8, 4) is 0 Å². The lowest BCUT2D eigenvalue weighted by Gasteiger charge is -2.32. The van der Waals surface area contributed by atoms with Gasteiger partial charge in [-0.15, -0.1) is 5.10 Å². The van der Waals surface area contributed by atoms with E-state index in [1.807, 2.05) is 24.0 Å². The molecule has 0 aliphatic carbocycles. The second kappa shape index (κ2) is 7.31. The Kier molecular flexibility index (Phi) is 5.11. The molecular weight excluding hydrogens is 345 g/mol. The van der Waals surface area contributed by atoms with Crippen molar-refractivity contribution in [1.29, 1.82) is 0 Å². The number of carbonyl (C=O) groups excluding carboxylic acids is 1.